The summed E-state index contributed by atoms with van der Waals surface area (Å²) in [5.41, 5.74) is 1.15. The third kappa shape index (κ3) is 2.35. The van der Waals surface area contributed by atoms with Crippen molar-refractivity contribution in [1.29, 1.82) is 0 Å². The predicted octanol–water partition coefficient (Wildman–Crippen LogP) is 1.35. The van der Waals surface area contributed by atoms with E-state index < -0.39 is 5.82 Å². The fraction of sp³-hybridized carbons (Fsp3) is 0.357. The summed E-state index contributed by atoms with van der Waals surface area (Å²) in [4.78, 5) is 34.2. The van der Waals surface area contributed by atoms with Crippen molar-refractivity contribution in [2.45, 2.75) is 13.3 Å². The van der Waals surface area contributed by atoms with Crippen molar-refractivity contribution in [3.05, 3.63) is 29.8 Å². The number of benzene rings is 1. The molecule has 1 N–H and O–H groups in total. The molecule has 2 aromatic rings. The molecule has 6 nitrogen and oxygen atoms in total. The summed E-state index contributed by atoms with van der Waals surface area (Å²) in [6, 6.07) is 2.49. The molecule has 0 saturated carbocycles. The summed E-state index contributed by atoms with van der Waals surface area (Å²) in [5, 5.41) is 0. The molecule has 0 radical (unpaired) electrons. The quantitative estimate of drug-likeness (QED) is 0.907. The minimum atomic E-state index is -0.490. The molecule has 0 spiro atoms. The summed E-state index contributed by atoms with van der Waals surface area (Å²) in [6.07, 6.45) is 1.84. The molecule has 21 heavy (non-hydrogen) atoms. The lowest BCUT2D eigenvalue weighted by Crippen LogP contribution is -2.33. The average molecular weight is 290 g/mol. The van der Waals surface area contributed by atoms with Crippen LogP contribution in [0.3, 0.4) is 0 Å². The molecule has 1 saturated heterocycles. The number of hydrogen-bond donors (Lipinski definition) is 1. The lowest BCUT2D eigenvalue weighted by atomic mass is 10.1. The predicted molar refractivity (Wildman–Crippen MR) is 74.0 cm³/mol. The van der Waals surface area contributed by atoms with E-state index in [2.05, 4.69) is 9.97 Å². The molecule has 0 atom stereocenters. The number of rotatable bonds is 2. The Balaban J connectivity index is 1.88. The number of nitrogens with one attached hydrogen (secondary N) is 1. The zero-order chi connectivity index (χ0) is 15.0. The number of carbonyl (C=O) groups excluding carboxylic acids is 2. The maximum absolute atomic E-state index is 13.6. The first-order valence-electron chi connectivity index (χ1n) is 6.80. The zero-order valence-corrected chi connectivity index (χ0v) is 11.6. The van der Waals surface area contributed by atoms with Gasteiger partial charge in [-0.15, -0.1) is 0 Å². The van der Waals surface area contributed by atoms with Crippen molar-refractivity contribution in [3.63, 3.8) is 0 Å². The molecule has 1 aliphatic rings. The molecule has 3 rings (SSSR count). The van der Waals surface area contributed by atoms with Crippen LogP contribution in [0, 0.1) is 5.82 Å². The Morgan fingerprint density at radius 3 is 2.86 bits per heavy atom. The Labute approximate surface area is 120 Å². The summed E-state index contributed by atoms with van der Waals surface area (Å²) < 4.78 is 13.6. The number of imidazole rings is 1. The minimum Gasteiger partial charge on any atom is -0.344 e. The van der Waals surface area contributed by atoms with Gasteiger partial charge < -0.3 is 14.8 Å². The molecule has 7 heteroatoms. The second kappa shape index (κ2) is 5.16. The zero-order valence-electron chi connectivity index (χ0n) is 11.6. The highest BCUT2D eigenvalue weighted by atomic mass is 19.1. The highest BCUT2D eigenvalue weighted by Gasteiger charge is 2.28. The van der Waals surface area contributed by atoms with E-state index in [1.165, 1.54) is 23.4 Å². The van der Waals surface area contributed by atoms with E-state index in [4.69, 9.17) is 0 Å². The number of aromatic nitrogens is 2. The van der Waals surface area contributed by atoms with Gasteiger partial charge in [-0.1, -0.05) is 6.92 Å². The largest absolute Gasteiger partial charge is 0.344 e. The Morgan fingerprint density at radius 2 is 2.10 bits per heavy atom. The van der Waals surface area contributed by atoms with Crippen LogP contribution >= 0.6 is 0 Å². The first-order valence-corrected chi connectivity index (χ1v) is 6.80. The summed E-state index contributed by atoms with van der Waals surface area (Å²) in [7, 11) is 0. The third-order valence-electron chi connectivity index (χ3n) is 3.64. The van der Waals surface area contributed by atoms with E-state index in [0.717, 1.165) is 0 Å². The normalized spacial score (nSPS) is 15.0. The number of amides is 2. The van der Waals surface area contributed by atoms with Gasteiger partial charge in [-0.3, -0.25) is 9.59 Å². The smallest absolute Gasteiger partial charge is 0.257 e. The Morgan fingerprint density at radius 1 is 1.33 bits per heavy atom. The van der Waals surface area contributed by atoms with Crippen LogP contribution in [-0.4, -0.2) is 51.3 Å². The average Bonchev–Trinajstić information content (AvgIpc) is 3.13. The fourth-order valence-corrected chi connectivity index (χ4v) is 2.53. The van der Waals surface area contributed by atoms with Crippen LogP contribution in [0.25, 0.3) is 11.0 Å². The molecular weight excluding hydrogens is 275 g/mol. The van der Waals surface area contributed by atoms with E-state index in [1.54, 1.807) is 11.8 Å². The van der Waals surface area contributed by atoms with Crippen molar-refractivity contribution in [2.75, 3.05) is 19.8 Å². The Kier molecular flexibility index (Phi) is 3.32. The Bertz CT molecular complexity index is 712. The molecule has 1 aliphatic heterocycles. The first-order chi connectivity index (χ1) is 10.1. The SMILES string of the molecule is CCC(=O)N1CCN(C(=O)c2cc(F)cc3[nH]cnc23)C1. The topological polar surface area (TPSA) is 69.3 Å². The first kappa shape index (κ1) is 13.5. The van der Waals surface area contributed by atoms with E-state index in [1.807, 2.05) is 0 Å². The second-order valence-electron chi connectivity index (χ2n) is 4.97. The van der Waals surface area contributed by atoms with E-state index in [-0.39, 0.29) is 24.0 Å². The second-order valence-corrected chi connectivity index (χ2v) is 4.97. The number of aromatic amines is 1. The number of fused-ring (bicyclic) bond motifs is 1. The monoisotopic (exact) mass is 290 g/mol. The number of H-pyrrole nitrogens is 1. The summed E-state index contributed by atoms with van der Waals surface area (Å²) >= 11 is 0. The molecular formula is C14H15FN4O2. The van der Waals surface area contributed by atoms with Crippen molar-refractivity contribution in [1.82, 2.24) is 19.8 Å². The van der Waals surface area contributed by atoms with Crippen molar-refractivity contribution < 1.29 is 14.0 Å². The molecule has 0 unspecified atom stereocenters. The van der Waals surface area contributed by atoms with Crippen LogP contribution in [0.1, 0.15) is 23.7 Å². The van der Waals surface area contributed by atoms with Crippen molar-refractivity contribution in [3.8, 4) is 0 Å². The lowest BCUT2D eigenvalue weighted by molar-refractivity contribution is -0.130. The van der Waals surface area contributed by atoms with Gasteiger partial charge in [0, 0.05) is 19.5 Å². The number of carbonyl (C=O) groups is 2. The summed E-state index contributed by atoms with van der Waals surface area (Å²) in [5.74, 6) is -0.789. The highest BCUT2D eigenvalue weighted by Crippen LogP contribution is 2.20. The molecule has 1 aromatic heterocycles. The standard InChI is InChI=1S/C14H15FN4O2/c1-2-12(20)18-3-4-19(8-18)14(21)10-5-9(15)6-11-13(10)17-7-16-11/h5-7H,2-4,8H2,1H3,(H,16,17). The molecule has 0 bridgehead atoms. The van der Waals surface area contributed by atoms with Crippen LogP contribution in [0.5, 0.6) is 0 Å². The number of hydrogen-bond acceptors (Lipinski definition) is 3. The van der Waals surface area contributed by atoms with Gasteiger partial charge in [0.25, 0.3) is 5.91 Å². The van der Waals surface area contributed by atoms with Crippen LogP contribution < -0.4 is 0 Å². The molecule has 2 amide bonds. The minimum absolute atomic E-state index is 0.00876. The van der Waals surface area contributed by atoms with Crippen LogP contribution in [-0.2, 0) is 4.79 Å². The maximum Gasteiger partial charge on any atom is 0.257 e. The van der Waals surface area contributed by atoms with Crippen molar-refractivity contribution >= 4 is 22.8 Å². The van der Waals surface area contributed by atoms with Crippen LogP contribution in [0.2, 0.25) is 0 Å². The molecule has 1 fully saturated rings. The van der Waals surface area contributed by atoms with E-state index in [9.17, 15) is 14.0 Å². The number of nitrogens with zero attached hydrogens (tertiary/aromatic N) is 3. The maximum atomic E-state index is 13.6. The van der Waals surface area contributed by atoms with Crippen LogP contribution in [0.4, 0.5) is 4.39 Å². The van der Waals surface area contributed by atoms with Crippen LogP contribution in [0.15, 0.2) is 18.5 Å². The lowest BCUT2D eigenvalue weighted by Gasteiger charge is -2.18. The fourth-order valence-electron chi connectivity index (χ4n) is 2.53. The van der Waals surface area contributed by atoms with Gasteiger partial charge >= 0.3 is 0 Å². The third-order valence-corrected chi connectivity index (χ3v) is 3.64. The van der Waals surface area contributed by atoms with Gasteiger partial charge in [0.15, 0.2) is 0 Å². The molecule has 110 valence electrons. The van der Waals surface area contributed by atoms with E-state index >= 15 is 0 Å². The highest BCUT2D eigenvalue weighted by molar-refractivity contribution is 6.05. The van der Waals surface area contributed by atoms with Crippen molar-refractivity contribution in [2.24, 2.45) is 0 Å². The van der Waals surface area contributed by atoms with Gasteiger partial charge in [0.1, 0.15) is 11.3 Å². The molecule has 2 heterocycles. The summed E-state index contributed by atoms with van der Waals surface area (Å²) in [6.45, 7) is 2.99. The van der Waals surface area contributed by atoms with Gasteiger partial charge in [-0.05, 0) is 12.1 Å². The van der Waals surface area contributed by atoms with Gasteiger partial charge in [-0.25, -0.2) is 9.37 Å². The van der Waals surface area contributed by atoms with Gasteiger partial charge in [0.05, 0.1) is 24.1 Å². The Hall–Kier alpha value is -2.44. The molecule has 1 aromatic carbocycles. The van der Waals surface area contributed by atoms with Gasteiger partial charge in [0.2, 0.25) is 5.91 Å². The van der Waals surface area contributed by atoms with E-state index in [0.29, 0.717) is 30.5 Å². The molecule has 0 aliphatic carbocycles. The number of halogens is 1. The van der Waals surface area contributed by atoms with Gasteiger partial charge in [-0.2, -0.15) is 0 Å².